The fourth-order valence-corrected chi connectivity index (χ4v) is 3.45. The number of nitrogens with zero attached hydrogens (tertiary/aromatic N) is 3. The summed E-state index contributed by atoms with van der Waals surface area (Å²) in [6, 6.07) is 18.7. The molecule has 1 unspecified atom stereocenters. The van der Waals surface area contributed by atoms with Crippen LogP contribution in [-0.2, 0) is 13.2 Å². The van der Waals surface area contributed by atoms with Crippen molar-refractivity contribution in [3.05, 3.63) is 90.0 Å². The topological polar surface area (TPSA) is 50.3 Å². The van der Waals surface area contributed by atoms with Crippen LogP contribution in [0.2, 0.25) is 0 Å². The van der Waals surface area contributed by atoms with Crippen molar-refractivity contribution in [1.82, 2.24) is 20.2 Å². The molecule has 5 heteroatoms. The Kier molecular flexibility index (Phi) is 5.72. The van der Waals surface area contributed by atoms with Gasteiger partial charge in [0, 0.05) is 50.8 Å². The maximum atomic E-state index is 5.93. The molecule has 1 aliphatic heterocycles. The Morgan fingerprint density at radius 1 is 1.07 bits per heavy atom. The van der Waals surface area contributed by atoms with Crippen molar-refractivity contribution in [2.75, 3.05) is 19.6 Å². The van der Waals surface area contributed by atoms with E-state index in [0.717, 1.165) is 37.6 Å². The van der Waals surface area contributed by atoms with Crippen LogP contribution < -0.4 is 10.1 Å². The Balaban J connectivity index is 1.43. The Morgan fingerprint density at radius 2 is 2.07 bits per heavy atom. The molecule has 1 N–H and O–H groups in total. The molecule has 3 aromatic rings. The predicted octanol–water partition coefficient (Wildman–Crippen LogP) is 3.20. The van der Waals surface area contributed by atoms with Crippen LogP contribution in [0.1, 0.15) is 22.9 Å². The summed E-state index contributed by atoms with van der Waals surface area (Å²) in [7, 11) is 0. The molecule has 0 spiro atoms. The van der Waals surface area contributed by atoms with Gasteiger partial charge in [-0.25, -0.2) is 0 Å². The third-order valence-corrected chi connectivity index (χ3v) is 4.82. The third kappa shape index (κ3) is 4.70. The van der Waals surface area contributed by atoms with Crippen molar-refractivity contribution in [3.63, 3.8) is 0 Å². The lowest BCUT2D eigenvalue weighted by Gasteiger charge is -2.36. The molecule has 138 valence electrons. The largest absolute Gasteiger partial charge is 0.487 e. The molecule has 0 bridgehead atoms. The molecule has 1 saturated heterocycles. The van der Waals surface area contributed by atoms with E-state index in [-0.39, 0.29) is 0 Å². The van der Waals surface area contributed by atoms with Crippen molar-refractivity contribution < 1.29 is 4.74 Å². The minimum Gasteiger partial charge on any atom is -0.487 e. The zero-order valence-electron chi connectivity index (χ0n) is 15.3. The van der Waals surface area contributed by atoms with Gasteiger partial charge in [0.15, 0.2) is 0 Å². The average molecular weight is 360 g/mol. The van der Waals surface area contributed by atoms with E-state index in [1.54, 1.807) is 6.20 Å². The molecule has 3 heterocycles. The second-order valence-corrected chi connectivity index (χ2v) is 6.73. The van der Waals surface area contributed by atoms with Gasteiger partial charge in [-0.1, -0.05) is 24.3 Å². The summed E-state index contributed by atoms with van der Waals surface area (Å²) in [5, 5.41) is 3.50. The summed E-state index contributed by atoms with van der Waals surface area (Å²) in [6.07, 6.45) is 5.58. The van der Waals surface area contributed by atoms with E-state index in [2.05, 4.69) is 44.5 Å². The lowest BCUT2D eigenvalue weighted by molar-refractivity contribution is 0.153. The standard InChI is InChI=1S/C22H24N4O/c1-2-10-25-20(7-1)17-27-21-8-3-5-18(13-21)16-26-12-11-24-15-22(26)19-6-4-9-23-14-19/h1-10,13-14,22,24H,11-12,15-17H2. The summed E-state index contributed by atoms with van der Waals surface area (Å²) >= 11 is 0. The van der Waals surface area contributed by atoms with Crippen LogP contribution >= 0.6 is 0 Å². The lowest BCUT2D eigenvalue weighted by atomic mass is 10.0. The highest BCUT2D eigenvalue weighted by Gasteiger charge is 2.23. The maximum Gasteiger partial charge on any atom is 0.130 e. The first-order valence-corrected chi connectivity index (χ1v) is 9.35. The molecule has 0 radical (unpaired) electrons. The van der Waals surface area contributed by atoms with Crippen molar-refractivity contribution in [2.24, 2.45) is 0 Å². The molecule has 0 amide bonds. The van der Waals surface area contributed by atoms with Crippen LogP contribution in [0.15, 0.2) is 73.2 Å². The minimum atomic E-state index is 0.338. The van der Waals surface area contributed by atoms with Gasteiger partial charge in [-0.15, -0.1) is 0 Å². The number of ether oxygens (including phenoxy) is 1. The second kappa shape index (κ2) is 8.75. The van der Waals surface area contributed by atoms with Crippen molar-refractivity contribution in [2.45, 2.75) is 19.2 Å². The number of piperazine rings is 1. The molecule has 1 fully saturated rings. The Bertz CT molecular complexity index is 841. The number of benzene rings is 1. The molecule has 1 aliphatic rings. The Labute approximate surface area is 160 Å². The lowest BCUT2D eigenvalue weighted by Crippen LogP contribution is -2.45. The first kappa shape index (κ1) is 17.6. The molecule has 5 nitrogen and oxygen atoms in total. The number of hydrogen-bond donors (Lipinski definition) is 1. The summed E-state index contributed by atoms with van der Waals surface area (Å²) in [5.41, 5.74) is 3.44. The Hall–Kier alpha value is -2.76. The van der Waals surface area contributed by atoms with E-state index in [9.17, 15) is 0 Å². The molecule has 2 aromatic heterocycles. The van der Waals surface area contributed by atoms with Gasteiger partial charge in [0.2, 0.25) is 0 Å². The highest BCUT2D eigenvalue weighted by atomic mass is 16.5. The zero-order valence-corrected chi connectivity index (χ0v) is 15.3. The van der Waals surface area contributed by atoms with Crippen LogP contribution in [0.4, 0.5) is 0 Å². The molecular weight excluding hydrogens is 336 g/mol. The number of rotatable bonds is 6. The molecule has 0 saturated carbocycles. The first-order valence-electron chi connectivity index (χ1n) is 9.35. The molecule has 27 heavy (non-hydrogen) atoms. The number of hydrogen-bond acceptors (Lipinski definition) is 5. The van der Waals surface area contributed by atoms with Crippen LogP contribution in [0.5, 0.6) is 5.75 Å². The fraction of sp³-hybridized carbons (Fsp3) is 0.273. The number of pyridine rings is 2. The smallest absolute Gasteiger partial charge is 0.130 e. The summed E-state index contributed by atoms with van der Waals surface area (Å²) in [5.74, 6) is 0.881. The van der Waals surface area contributed by atoms with Gasteiger partial charge in [0.25, 0.3) is 0 Å². The predicted molar refractivity (Wildman–Crippen MR) is 105 cm³/mol. The van der Waals surface area contributed by atoms with E-state index in [0.29, 0.717) is 12.6 Å². The quantitative estimate of drug-likeness (QED) is 0.732. The maximum absolute atomic E-state index is 5.93. The van der Waals surface area contributed by atoms with Crippen molar-refractivity contribution >= 4 is 0 Å². The van der Waals surface area contributed by atoms with Gasteiger partial charge in [-0.05, 0) is 41.5 Å². The summed E-state index contributed by atoms with van der Waals surface area (Å²) in [4.78, 5) is 11.1. The second-order valence-electron chi connectivity index (χ2n) is 6.73. The fourth-order valence-electron chi connectivity index (χ4n) is 3.45. The highest BCUT2D eigenvalue weighted by Crippen LogP contribution is 2.24. The van der Waals surface area contributed by atoms with Gasteiger partial charge in [-0.3, -0.25) is 14.9 Å². The van der Waals surface area contributed by atoms with Crippen LogP contribution in [0.3, 0.4) is 0 Å². The SMILES string of the molecule is c1ccc(COc2cccc(CN3CCNCC3c3cccnc3)c2)nc1. The Morgan fingerprint density at radius 3 is 2.93 bits per heavy atom. The van der Waals surface area contributed by atoms with Crippen LogP contribution in [0.25, 0.3) is 0 Å². The summed E-state index contributed by atoms with van der Waals surface area (Å²) < 4.78 is 5.93. The zero-order chi connectivity index (χ0) is 18.3. The van der Waals surface area contributed by atoms with E-state index in [4.69, 9.17) is 4.74 Å². The minimum absolute atomic E-state index is 0.338. The van der Waals surface area contributed by atoms with E-state index in [1.165, 1.54) is 11.1 Å². The normalized spacial score (nSPS) is 17.6. The number of aromatic nitrogens is 2. The number of nitrogens with one attached hydrogen (secondary N) is 1. The molecular formula is C22H24N4O. The van der Waals surface area contributed by atoms with Gasteiger partial charge in [0.05, 0.1) is 5.69 Å². The third-order valence-electron chi connectivity index (χ3n) is 4.82. The summed E-state index contributed by atoms with van der Waals surface area (Å²) in [6.45, 7) is 4.34. The van der Waals surface area contributed by atoms with E-state index < -0.39 is 0 Å². The van der Waals surface area contributed by atoms with Gasteiger partial charge in [0.1, 0.15) is 12.4 Å². The van der Waals surface area contributed by atoms with Gasteiger partial charge >= 0.3 is 0 Å². The molecule has 0 aliphatic carbocycles. The molecule has 1 aromatic carbocycles. The first-order chi connectivity index (χ1) is 13.4. The van der Waals surface area contributed by atoms with Crippen LogP contribution in [0, 0.1) is 0 Å². The molecule has 4 rings (SSSR count). The van der Waals surface area contributed by atoms with Crippen LogP contribution in [-0.4, -0.2) is 34.5 Å². The van der Waals surface area contributed by atoms with Gasteiger partial charge in [-0.2, -0.15) is 0 Å². The van der Waals surface area contributed by atoms with Crippen molar-refractivity contribution in [1.29, 1.82) is 0 Å². The van der Waals surface area contributed by atoms with E-state index >= 15 is 0 Å². The van der Waals surface area contributed by atoms with E-state index in [1.807, 2.05) is 42.7 Å². The monoisotopic (exact) mass is 360 g/mol. The highest BCUT2D eigenvalue weighted by molar-refractivity contribution is 5.29. The average Bonchev–Trinajstić information content (AvgIpc) is 2.74. The van der Waals surface area contributed by atoms with Crippen molar-refractivity contribution in [3.8, 4) is 5.75 Å². The van der Waals surface area contributed by atoms with Gasteiger partial charge < -0.3 is 10.1 Å². The molecule has 1 atom stereocenters.